The summed E-state index contributed by atoms with van der Waals surface area (Å²) in [5.41, 5.74) is 18.6. The molecule has 0 spiro atoms. The van der Waals surface area contributed by atoms with E-state index in [2.05, 4.69) is 252 Å². The highest BCUT2D eigenvalue weighted by Gasteiger charge is 2.46. The molecule has 3 aromatic heterocycles. The predicted molar refractivity (Wildman–Crippen MR) is 284 cm³/mol. The number of hydrogen-bond donors (Lipinski definition) is 0. The molecule has 0 radical (unpaired) electrons. The highest BCUT2D eigenvalue weighted by molar-refractivity contribution is 6.29. The van der Waals surface area contributed by atoms with Crippen molar-refractivity contribution in [2.24, 2.45) is 0 Å². The van der Waals surface area contributed by atoms with Crippen molar-refractivity contribution < 1.29 is 0 Å². The van der Waals surface area contributed by atoms with Crippen LogP contribution in [0.3, 0.4) is 0 Å². The third-order valence-corrected chi connectivity index (χ3v) is 14.4. The predicted octanol–water partition coefficient (Wildman–Crippen LogP) is 16.0. The maximum Gasteiger partial charge on any atom is 0.160 e. The van der Waals surface area contributed by atoms with Crippen molar-refractivity contribution in [2.45, 2.75) is 5.41 Å². The van der Waals surface area contributed by atoms with Crippen LogP contribution < -0.4 is 0 Å². The molecule has 0 fully saturated rings. The van der Waals surface area contributed by atoms with Gasteiger partial charge < -0.3 is 9.13 Å². The zero-order chi connectivity index (χ0) is 45.5. The summed E-state index contributed by atoms with van der Waals surface area (Å²) in [7, 11) is 0. The number of para-hydroxylation sites is 3. The fraction of sp³-hybridized carbons (Fsp3) is 0.0154. The smallest absolute Gasteiger partial charge is 0.160 e. The third kappa shape index (κ3) is 5.89. The van der Waals surface area contributed by atoms with E-state index in [1.807, 2.05) is 12.1 Å². The molecule has 0 unspecified atom stereocenters. The molecular weight excluding hydrogens is 837 g/mol. The topological polar surface area (TPSA) is 35.6 Å². The van der Waals surface area contributed by atoms with Gasteiger partial charge >= 0.3 is 0 Å². The Morgan fingerprint density at radius 2 is 0.739 bits per heavy atom. The standard InChI is InChI=1S/C65H42N4/c1-5-19-43(20-6-1)56-42-57(44-21-7-2-8-22-44)67-64(66-56)45-33-35-46(36-34-45)65(54-30-16-13-27-50(54)51-28-14-17-31-55(51)65)47-37-38-59-53(41-47)63-61(69(59)49-25-11-4-12-26-49)40-39-60-62(63)52-29-15-18-32-58(52)68(60)48-23-9-3-10-24-48/h1-42H. The van der Waals surface area contributed by atoms with E-state index in [1.165, 1.54) is 77.0 Å². The molecule has 1 aliphatic rings. The number of hydrogen-bond acceptors (Lipinski definition) is 2. The van der Waals surface area contributed by atoms with Crippen LogP contribution in [0.25, 0.3) is 100 Å². The van der Waals surface area contributed by atoms with Crippen molar-refractivity contribution in [3.05, 3.63) is 277 Å². The highest BCUT2D eigenvalue weighted by Crippen LogP contribution is 2.57. The molecule has 4 nitrogen and oxygen atoms in total. The van der Waals surface area contributed by atoms with Crippen molar-refractivity contribution in [2.75, 3.05) is 0 Å². The second-order valence-electron chi connectivity index (χ2n) is 18.1. The normalized spacial score (nSPS) is 12.8. The summed E-state index contributed by atoms with van der Waals surface area (Å²) in [5.74, 6) is 0.692. The number of aromatic nitrogens is 4. The molecule has 69 heavy (non-hydrogen) atoms. The lowest BCUT2D eigenvalue weighted by Gasteiger charge is -2.34. The molecule has 13 aromatic rings. The van der Waals surface area contributed by atoms with E-state index < -0.39 is 5.41 Å². The van der Waals surface area contributed by atoms with E-state index >= 15 is 0 Å². The lowest BCUT2D eigenvalue weighted by molar-refractivity contribution is 0.770. The van der Waals surface area contributed by atoms with Gasteiger partial charge in [0.1, 0.15) is 0 Å². The number of rotatable bonds is 7. The van der Waals surface area contributed by atoms with Gasteiger partial charge in [-0.2, -0.15) is 0 Å². The van der Waals surface area contributed by atoms with Gasteiger partial charge in [-0.1, -0.05) is 194 Å². The summed E-state index contributed by atoms with van der Waals surface area (Å²) >= 11 is 0. The first kappa shape index (κ1) is 39.1. The van der Waals surface area contributed by atoms with Gasteiger partial charge in [-0.3, -0.25) is 0 Å². The van der Waals surface area contributed by atoms with Gasteiger partial charge in [-0.25, -0.2) is 9.97 Å². The second kappa shape index (κ2) is 15.5. The minimum atomic E-state index is -0.644. The molecule has 0 atom stereocenters. The highest BCUT2D eigenvalue weighted by atomic mass is 15.0. The molecule has 10 aromatic carbocycles. The molecule has 0 bridgehead atoms. The Morgan fingerprint density at radius 3 is 1.30 bits per heavy atom. The van der Waals surface area contributed by atoms with Crippen LogP contribution in [-0.4, -0.2) is 19.1 Å². The minimum Gasteiger partial charge on any atom is -0.309 e. The first-order chi connectivity index (χ1) is 34.2. The zero-order valence-electron chi connectivity index (χ0n) is 37.5. The summed E-state index contributed by atoms with van der Waals surface area (Å²) in [5, 5.41) is 4.94. The van der Waals surface area contributed by atoms with Gasteiger partial charge in [0.25, 0.3) is 0 Å². The van der Waals surface area contributed by atoms with Crippen LogP contribution in [-0.2, 0) is 5.41 Å². The maximum absolute atomic E-state index is 5.22. The molecule has 0 N–H and O–H groups in total. The number of benzene rings is 10. The Bertz CT molecular complexity index is 3990. The van der Waals surface area contributed by atoms with E-state index in [9.17, 15) is 0 Å². The van der Waals surface area contributed by atoms with Crippen LogP contribution in [0.5, 0.6) is 0 Å². The van der Waals surface area contributed by atoms with Crippen molar-refractivity contribution in [1.29, 1.82) is 0 Å². The molecule has 4 heteroatoms. The summed E-state index contributed by atoms with van der Waals surface area (Å²) in [6, 6.07) is 92.3. The van der Waals surface area contributed by atoms with Gasteiger partial charge in [-0.05, 0) is 94.0 Å². The second-order valence-corrected chi connectivity index (χ2v) is 18.1. The van der Waals surface area contributed by atoms with Crippen LogP contribution in [0.4, 0.5) is 0 Å². The van der Waals surface area contributed by atoms with Gasteiger partial charge in [0.2, 0.25) is 0 Å². The molecule has 0 saturated carbocycles. The van der Waals surface area contributed by atoms with Crippen LogP contribution in [0.15, 0.2) is 255 Å². The fourth-order valence-electron chi connectivity index (χ4n) is 11.5. The van der Waals surface area contributed by atoms with Crippen molar-refractivity contribution in [3.8, 4) is 56.4 Å². The summed E-state index contributed by atoms with van der Waals surface area (Å²) < 4.78 is 4.88. The molecule has 0 amide bonds. The first-order valence-electron chi connectivity index (χ1n) is 23.7. The SMILES string of the molecule is c1ccc(-c2cc(-c3ccccc3)nc(-c3ccc(C4(c5ccc6c(c5)c5c7c8ccccc8n(-c8ccccc8)c7ccc5n6-c5ccccc5)c5ccccc5-c5ccccc54)cc3)n2)cc1. The van der Waals surface area contributed by atoms with Gasteiger partial charge in [0.15, 0.2) is 5.82 Å². The van der Waals surface area contributed by atoms with Crippen LogP contribution in [0.1, 0.15) is 22.3 Å². The number of fused-ring (bicyclic) bond motifs is 10. The first-order valence-corrected chi connectivity index (χ1v) is 23.7. The van der Waals surface area contributed by atoms with Crippen molar-refractivity contribution in [3.63, 3.8) is 0 Å². The Hall–Kier alpha value is -9.12. The van der Waals surface area contributed by atoms with Gasteiger partial charge in [0, 0.05) is 49.6 Å². The Labute approximate surface area is 399 Å². The van der Waals surface area contributed by atoms with E-state index in [1.54, 1.807) is 0 Å². The fourth-order valence-corrected chi connectivity index (χ4v) is 11.5. The van der Waals surface area contributed by atoms with E-state index in [4.69, 9.17) is 9.97 Å². The molecular formula is C65H42N4. The molecule has 14 rings (SSSR count). The van der Waals surface area contributed by atoms with E-state index in [0.717, 1.165) is 39.5 Å². The average molecular weight is 879 g/mol. The van der Waals surface area contributed by atoms with Gasteiger partial charge in [-0.15, -0.1) is 0 Å². The summed E-state index contributed by atoms with van der Waals surface area (Å²) in [4.78, 5) is 10.4. The molecule has 0 aliphatic heterocycles. The maximum atomic E-state index is 5.22. The van der Waals surface area contributed by atoms with Crippen molar-refractivity contribution in [1.82, 2.24) is 19.1 Å². The summed E-state index contributed by atoms with van der Waals surface area (Å²) in [6.45, 7) is 0. The van der Waals surface area contributed by atoms with E-state index in [-0.39, 0.29) is 0 Å². The van der Waals surface area contributed by atoms with Crippen LogP contribution in [0.2, 0.25) is 0 Å². The monoisotopic (exact) mass is 878 g/mol. The molecule has 0 saturated heterocycles. The quantitative estimate of drug-likeness (QED) is 0.160. The lowest BCUT2D eigenvalue weighted by Crippen LogP contribution is -2.28. The number of nitrogens with zero attached hydrogens (tertiary/aromatic N) is 4. The van der Waals surface area contributed by atoms with Crippen molar-refractivity contribution >= 4 is 43.6 Å². The summed E-state index contributed by atoms with van der Waals surface area (Å²) in [6.07, 6.45) is 0. The molecule has 322 valence electrons. The third-order valence-electron chi connectivity index (χ3n) is 14.4. The average Bonchev–Trinajstić information content (AvgIpc) is 4.06. The van der Waals surface area contributed by atoms with E-state index in [0.29, 0.717) is 5.82 Å². The molecule has 3 heterocycles. The Kier molecular flexibility index (Phi) is 8.77. The van der Waals surface area contributed by atoms with Crippen LogP contribution in [0, 0.1) is 0 Å². The molecule has 1 aliphatic carbocycles. The largest absolute Gasteiger partial charge is 0.309 e. The zero-order valence-corrected chi connectivity index (χ0v) is 37.5. The lowest BCUT2D eigenvalue weighted by atomic mass is 9.67. The van der Waals surface area contributed by atoms with Gasteiger partial charge in [0.05, 0.1) is 38.9 Å². The Balaban J connectivity index is 1.04. The van der Waals surface area contributed by atoms with Crippen LogP contribution >= 0.6 is 0 Å². The Morgan fingerprint density at radius 1 is 0.304 bits per heavy atom. The minimum absolute atomic E-state index is 0.644.